The lowest BCUT2D eigenvalue weighted by atomic mass is 10.2. The minimum atomic E-state index is -0.639. The Morgan fingerprint density at radius 2 is 1.05 bits per heavy atom. The van der Waals surface area contributed by atoms with E-state index in [4.69, 9.17) is 19.9 Å². The highest BCUT2D eigenvalue weighted by atomic mass is 16.6. The van der Waals surface area contributed by atoms with Gasteiger partial charge < -0.3 is 25.3 Å². The molecule has 2 unspecified atom stereocenters. The number of hydrogen-bond acceptors (Lipinski definition) is 7. The maximum Gasteiger partial charge on any atom is 0.346 e. The summed E-state index contributed by atoms with van der Waals surface area (Å²) in [6.07, 6.45) is 0.257. The smallest absolute Gasteiger partial charge is 0.346 e. The van der Waals surface area contributed by atoms with E-state index in [0.29, 0.717) is 29.8 Å². The van der Waals surface area contributed by atoms with Crippen molar-refractivity contribution in [3.63, 3.8) is 0 Å². The highest BCUT2D eigenvalue weighted by Crippen LogP contribution is 2.06. The topological polar surface area (TPSA) is 117 Å². The number of hydrogen-bond donors (Lipinski definition) is 2. The molecule has 0 saturated carbocycles. The van der Waals surface area contributed by atoms with E-state index >= 15 is 0 Å². The molecule has 3 rings (SSSR count). The Balaban J connectivity index is 0.000000309. The summed E-state index contributed by atoms with van der Waals surface area (Å²) in [7, 11) is 3.27. The van der Waals surface area contributed by atoms with Crippen molar-refractivity contribution in [3.05, 3.63) is 108 Å². The molecular weight excluding hydrogens is 472 g/mol. The van der Waals surface area contributed by atoms with E-state index in [1.54, 1.807) is 87.0 Å². The van der Waals surface area contributed by atoms with Gasteiger partial charge in [0.25, 0.3) is 5.91 Å². The number of carbonyl (C=O) groups is 3. The average Bonchev–Trinajstić information content (AvgIpc) is 2.97. The first-order valence-electron chi connectivity index (χ1n) is 11.8. The lowest BCUT2D eigenvalue weighted by Crippen LogP contribution is -2.31. The van der Waals surface area contributed by atoms with Crippen molar-refractivity contribution in [2.75, 3.05) is 27.3 Å². The Labute approximate surface area is 218 Å². The summed E-state index contributed by atoms with van der Waals surface area (Å²) in [5.74, 6) is -1.34. The van der Waals surface area contributed by atoms with E-state index in [1.165, 1.54) is 0 Å². The van der Waals surface area contributed by atoms with Crippen molar-refractivity contribution in [1.82, 2.24) is 5.32 Å². The van der Waals surface area contributed by atoms with E-state index in [-0.39, 0.29) is 18.1 Å². The van der Waals surface area contributed by atoms with Crippen LogP contribution in [0.25, 0.3) is 0 Å². The molecule has 0 fully saturated rings. The largest absolute Gasteiger partial charge is 0.386 e. The van der Waals surface area contributed by atoms with Crippen molar-refractivity contribution in [3.8, 4) is 0 Å². The average molecular weight is 509 g/mol. The first-order valence-corrected chi connectivity index (χ1v) is 11.8. The number of nitrogens with two attached hydrogens (primary N) is 1. The third kappa shape index (κ3) is 13.1. The Bertz CT molecular complexity index is 992. The fourth-order valence-electron chi connectivity index (χ4n) is 2.46. The molecule has 37 heavy (non-hydrogen) atoms. The fraction of sp³-hybridized carbons (Fsp3) is 0.276. The molecule has 2 atom stereocenters. The van der Waals surface area contributed by atoms with Crippen LogP contribution in [0.5, 0.6) is 0 Å². The van der Waals surface area contributed by atoms with Crippen LogP contribution in [0.2, 0.25) is 0 Å². The number of methoxy groups -OCH3 is 2. The highest BCUT2D eigenvalue weighted by Gasteiger charge is 2.13. The molecule has 3 aromatic rings. The number of rotatable bonds is 8. The first-order chi connectivity index (χ1) is 17.8. The molecule has 8 heteroatoms. The van der Waals surface area contributed by atoms with Crippen molar-refractivity contribution in [2.24, 2.45) is 5.73 Å². The number of benzene rings is 3. The Kier molecular flexibility index (Phi) is 15.5. The van der Waals surface area contributed by atoms with Gasteiger partial charge in [-0.1, -0.05) is 54.6 Å². The molecule has 3 aromatic carbocycles. The molecule has 1 amide bonds. The van der Waals surface area contributed by atoms with Crippen molar-refractivity contribution < 1.29 is 28.6 Å². The third-order valence-electron chi connectivity index (χ3n) is 4.93. The van der Waals surface area contributed by atoms with E-state index in [0.717, 1.165) is 0 Å². The van der Waals surface area contributed by atoms with Crippen LogP contribution in [0, 0.1) is 0 Å². The molecule has 198 valence electrons. The van der Waals surface area contributed by atoms with Crippen LogP contribution in [0.3, 0.4) is 0 Å². The van der Waals surface area contributed by atoms with Crippen molar-refractivity contribution in [1.29, 1.82) is 0 Å². The number of esters is 2. The Morgan fingerprint density at radius 1 is 0.676 bits per heavy atom. The maximum atomic E-state index is 11.6. The summed E-state index contributed by atoms with van der Waals surface area (Å²) in [5, 5.41) is 2.79. The van der Waals surface area contributed by atoms with Gasteiger partial charge in [0.15, 0.2) is 0 Å². The van der Waals surface area contributed by atoms with Crippen LogP contribution in [0.15, 0.2) is 91.0 Å². The molecule has 0 radical (unpaired) electrons. The molecule has 3 N–H and O–H groups in total. The van der Waals surface area contributed by atoms with Gasteiger partial charge in [0.2, 0.25) is 0 Å². The van der Waals surface area contributed by atoms with E-state index < -0.39 is 11.9 Å². The normalized spacial score (nSPS) is 11.4. The lowest BCUT2D eigenvalue weighted by molar-refractivity contribution is 0.0397. The monoisotopic (exact) mass is 508 g/mol. The first kappa shape index (κ1) is 31.2. The summed E-state index contributed by atoms with van der Waals surface area (Å²) >= 11 is 0. The van der Waals surface area contributed by atoms with Crippen LogP contribution in [-0.2, 0) is 14.2 Å². The summed E-state index contributed by atoms with van der Waals surface area (Å²) in [4.78, 5) is 34.7. The molecule has 0 aliphatic rings. The zero-order valence-corrected chi connectivity index (χ0v) is 21.8. The second-order valence-electron chi connectivity index (χ2n) is 7.81. The van der Waals surface area contributed by atoms with Crippen molar-refractivity contribution >= 4 is 17.8 Å². The highest BCUT2D eigenvalue weighted by molar-refractivity contribution is 6.02. The Morgan fingerprint density at radius 3 is 1.38 bits per heavy atom. The summed E-state index contributed by atoms with van der Waals surface area (Å²) in [5.41, 5.74) is 6.55. The van der Waals surface area contributed by atoms with Crippen LogP contribution in [-0.4, -0.2) is 57.4 Å². The zero-order valence-electron chi connectivity index (χ0n) is 21.8. The van der Waals surface area contributed by atoms with Crippen LogP contribution >= 0.6 is 0 Å². The van der Waals surface area contributed by atoms with Crippen LogP contribution in [0.1, 0.15) is 44.9 Å². The molecule has 8 nitrogen and oxygen atoms in total. The molecule has 0 aromatic heterocycles. The quantitative estimate of drug-likeness (QED) is 0.347. The van der Waals surface area contributed by atoms with Crippen LogP contribution < -0.4 is 11.1 Å². The standard InChI is InChI=1S/C14H10O3.C11H15NO2.C4H11NO/c15-13(11-7-3-1-4-8-11)17-14(16)12-9-5-2-6-10-12;1-9(14-2)8-12-11(13)10-6-4-3-5-7-10;1-4(3-5)6-2/h1-10H;3-7,9H,8H2,1-2H3,(H,12,13);4H,3,5H2,1-2H3. The Hall–Kier alpha value is -3.85. The predicted molar refractivity (Wildman–Crippen MR) is 143 cm³/mol. The van der Waals surface area contributed by atoms with Gasteiger partial charge in [-0.15, -0.1) is 0 Å². The zero-order chi connectivity index (χ0) is 27.5. The van der Waals surface area contributed by atoms with Gasteiger partial charge in [-0.25, -0.2) is 9.59 Å². The fourth-order valence-corrected chi connectivity index (χ4v) is 2.46. The van der Waals surface area contributed by atoms with Gasteiger partial charge in [-0.05, 0) is 50.2 Å². The van der Waals surface area contributed by atoms with Gasteiger partial charge >= 0.3 is 11.9 Å². The minimum Gasteiger partial charge on any atom is -0.386 e. The number of carbonyl (C=O) groups excluding carboxylic acids is 3. The van der Waals surface area contributed by atoms with Crippen molar-refractivity contribution in [2.45, 2.75) is 26.1 Å². The van der Waals surface area contributed by atoms with Gasteiger partial charge in [0, 0.05) is 32.9 Å². The minimum absolute atomic E-state index is 0.0441. The predicted octanol–water partition coefficient (Wildman–Crippen LogP) is 4.12. The van der Waals surface area contributed by atoms with Gasteiger partial charge in [-0.3, -0.25) is 4.79 Å². The molecule has 0 heterocycles. The van der Waals surface area contributed by atoms with Gasteiger partial charge in [0.05, 0.1) is 23.3 Å². The van der Waals surface area contributed by atoms with E-state index in [9.17, 15) is 14.4 Å². The maximum absolute atomic E-state index is 11.6. The number of amides is 1. The SMILES string of the molecule is COC(C)CN.COC(C)CNC(=O)c1ccccc1.O=C(OC(=O)c1ccccc1)c1ccccc1. The second kappa shape index (κ2) is 18.4. The third-order valence-corrected chi connectivity index (χ3v) is 4.93. The lowest BCUT2D eigenvalue weighted by Gasteiger charge is -2.10. The second-order valence-corrected chi connectivity index (χ2v) is 7.81. The van der Waals surface area contributed by atoms with Gasteiger partial charge in [-0.2, -0.15) is 0 Å². The summed E-state index contributed by atoms with van der Waals surface area (Å²) < 4.78 is 14.5. The molecule has 0 aliphatic carbocycles. The van der Waals surface area contributed by atoms with Crippen LogP contribution in [0.4, 0.5) is 0 Å². The molecule has 0 aliphatic heterocycles. The molecule has 0 spiro atoms. The molecular formula is C29H36N2O6. The summed E-state index contributed by atoms with van der Waals surface area (Å²) in [6.45, 7) is 4.98. The molecule has 0 saturated heterocycles. The number of ether oxygens (including phenoxy) is 3. The summed E-state index contributed by atoms with van der Waals surface area (Å²) in [6, 6.07) is 26.0. The van der Waals surface area contributed by atoms with E-state index in [2.05, 4.69) is 5.32 Å². The molecule has 0 bridgehead atoms. The van der Waals surface area contributed by atoms with Gasteiger partial charge in [0.1, 0.15) is 0 Å². The number of nitrogens with one attached hydrogen (secondary N) is 1. The van der Waals surface area contributed by atoms with E-state index in [1.807, 2.05) is 32.0 Å².